The fourth-order valence-corrected chi connectivity index (χ4v) is 1.82. The van der Waals surface area contributed by atoms with Crippen LogP contribution < -0.4 is 0 Å². The minimum atomic E-state index is 1.04. The summed E-state index contributed by atoms with van der Waals surface area (Å²) in [6, 6.07) is 6.25. The maximum Gasteiger partial charge on any atom is 0.0665 e. The molecule has 17 heavy (non-hydrogen) atoms. The maximum absolute atomic E-state index is 4.68. The second-order valence-electron chi connectivity index (χ2n) is 4.22. The molecule has 1 aromatic rings. The van der Waals surface area contributed by atoms with E-state index in [9.17, 15) is 0 Å². The molecule has 0 N–H and O–H groups in total. The van der Waals surface area contributed by atoms with Crippen molar-refractivity contribution in [3.8, 4) is 0 Å². The van der Waals surface area contributed by atoms with Crippen LogP contribution >= 0.6 is 0 Å². The van der Waals surface area contributed by atoms with Crippen LogP contribution in [0.25, 0.3) is 11.6 Å². The lowest BCUT2D eigenvalue weighted by atomic mass is 10.0. The molecule has 0 atom stereocenters. The molecule has 0 fully saturated rings. The average Bonchev–Trinajstić information content (AvgIpc) is 2.35. The molecule has 0 amide bonds. The van der Waals surface area contributed by atoms with E-state index >= 15 is 0 Å². The largest absolute Gasteiger partial charge is 0.249 e. The van der Waals surface area contributed by atoms with Crippen molar-refractivity contribution in [1.82, 2.24) is 4.98 Å². The number of pyridine rings is 1. The van der Waals surface area contributed by atoms with E-state index in [0.29, 0.717) is 0 Å². The molecule has 0 aliphatic heterocycles. The third-order valence-corrected chi connectivity index (χ3v) is 2.64. The van der Waals surface area contributed by atoms with E-state index in [4.69, 9.17) is 0 Å². The van der Waals surface area contributed by atoms with Crippen molar-refractivity contribution >= 4 is 11.6 Å². The number of nitrogens with zero attached hydrogens (tertiary/aromatic N) is 1. The fourth-order valence-electron chi connectivity index (χ4n) is 1.82. The molecule has 0 saturated carbocycles. The van der Waals surface area contributed by atoms with E-state index in [2.05, 4.69) is 37.0 Å². The smallest absolute Gasteiger partial charge is 0.0665 e. The molecule has 0 aliphatic rings. The van der Waals surface area contributed by atoms with Gasteiger partial charge in [0.25, 0.3) is 0 Å². The predicted molar refractivity (Wildman–Crippen MR) is 76.7 cm³/mol. The summed E-state index contributed by atoms with van der Waals surface area (Å²) in [6.45, 7) is 6.45. The first-order chi connectivity index (χ1) is 8.31. The van der Waals surface area contributed by atoms with E-state index in [0.717, 1.165) is 24.2 Å². The van der Waals surface area contributed by atoms with Crippen LogP contribution in [0.4, 0.5) is 0 Å². The molecule has 1 nitrogen and oxygen atoms in total. The second-order valence-corrected chi connectivity index (χ2v) is 4.22. The van der Waals surface area contributed by atoms with E-state index in [1.54, 1.807) is 0 Å². The maximum atomic E-state index is 4.68. The fraction of sp³-hybridized carbons (Fsp3) is 0.438. The zero-order valence-electron chi connectivity index (χ0n) is 11.2. The van der Waals surface area contributed by atoms with Gasteiger partial charge < -0.3 is 0 Å². The quantitative estimate of drug-likeness (QED) is 0.661. The minimum Gasteiger partial charge on any atom is -0.249 e. The minimum absolute atomic E-state index is 1.04. The molecule has 0 aliphatic carbocycles. The predicted octanol–water partition coefficient (Wildman–Crippen LogP) is 5.10. The van der Waals surface area contributed by atoms with E-state index in [-0.39, 0.29) is 0 Å². The summed E-state index contributed by atoms with van der Waals surface area (Å²) in [5.41, 5.74) is 3.57. The highest BCUT2D eigenvalue weighted by Gasteiger charge is 2.02. The molecule has 0 saturated heterocycles. The Kier molecular flexibility index (Phi) is 6.31. The molecule has 0 radical (unpaired) electrons. The van der Waals surface area contributed by atoms with Gasteiger partial charge >= 0.3 is 0 Å². The van der Waals surface area contributed by atoms with Crippen molar-refractivity contribution in [2.75, 3.05) is 0 Å². The van der Waals surface area contributed by atoms with Gasteiger partial charge in [-0.1, -0.05) is 44.9 Å². The van der Waals surface area contributed by atoms with Gasteiger partial charge in [-0.25, -0.2) is 4.98 Å². The van der Waals surface area contributed by atoms with Crippen LogP contribution in [-0.2, 0) is 0 Å². The first-order valence-corrected chi connectivity index (χ1v) is 6.61. The molecule has 0 spiro atoms. The number of rotatable bonds is 6. The summed E-state index contributed by atoms with van der Waals surface area (Å²) in [6.07, 6.45) is 11.0. The van der Waals surface area contributed by atoms with Gasteiger partial charge in [0.1, 0.15) is 0 Å². The van der Waals surface area contributed by atoms with Gasteiger partial charge in [-0.15, -0.1) is 0 Å². The Bertz CT molecular complexity index is 388. The number of allylic oxidation sites excluding steroid dienone is 3. The summed E-state index contributed by atoms with van der Waals surface area (Å²) < 4.78 is 0. The van der Waals surface area contributed by atoms with Crippen LogP contribution in [0.15, 0.2) is 30.4 Å². The van der Waals surface area contributed by atoms with Crippen LogP contribution in [0, 0.1) is 0 Å². The van der Waals surface area contributed by atoms with E-state index in [1.165, 1.54) is 18.4 Å². The molecule has 1 heteroatoms. The highest BCUT2D eigenvalue weighted by molar-refractivity contribution is 5.63. The Balaban J connectivity index is 2.96. The van der Waals surface area contributed by atoms with Crippen molar-refractivity contribution in [2.24, 2.45) is 0 Å². The van der Waals surface area contributed by atoms with Crippen LogP contribution in [-0.4, -0.2) is 4.98 Å². The van der Waals surface area contributed by atoms with Crippen LogP contribution in [0.2, 0.25) is 0 Å². The standard InChI is InChI=1S/C16H23N/c1-4-7-11-14(9-5-2)16-13-8-12-15(17-16)10-6-3/h6,8,10-13H,4-5,7,9H2,1-3H3/b10-6+,14-11+. The third-order valence-electron chi connectivity index (χ3n) is 2.64. The van der Waals surface area contributed by atoms with Crippen molar-refractivity contribution in [2.45, 2.75) is 46.5 Å². The summed E-state index contributed by atoms with van der Waals surface area (Å²) >= 11 is 0. The van der Waals surface area contributed by atoms with Crippen LogP contribution in [0.3, 0.4) is 0 Å². The van der Waals surface area contributed by atoms with Gasteiger partial charge in [-0.05, 0) is 43.5 Å². The Morgan fingerprint density at radius 2 is 2.06 bits per heavy atom. The van der Waals surface area contributed by atoms with Gasteiger partial charge in [0.05, 0.1) is 11.4 Å². The van der Waals surface area contributed by atoms with Crippen LogP contribution in [0.1, 0.15) is 57.8 Å². The average molecular weight is 229 g/mol. The molecule has 1 aromatic heterocycles. The lowest BCUT2D eigenvalue weighted by Crippen LogP contribution is -1.91. The monoisotopic (exact) mass is 229 g/mol. The SMILES string of the molecule is C/C=C/c1cccc(/C(=C/CCC)CCC)n1. The molecule has 1 rings (SSSR count). The summed E-state index contributed by atoms with van der Waals surface area (Å²) in [4.78, 5) is 4.68. The summed E-state index contributed by atoms with van der Waals surface area (Å²) in [5.74, 6) is 0. The van der Waals surface area contributed by atoms with Gasteiger partial charge in [0.2, 0.25) is 0 Å². The Morgan fingerprint density at radius 1 is 1.24 bits per heavy atom. The highest BCUT2D eigenvalue weighted by Crippen LogP contribution is 2.19. The Hall–Kier alpha value is -1.37. The third kappa shape index (κ3) is 4.56. The molecule has 0 unspecified atom stereocenters. The first kappa shape index (κ1) is 13.7. The normalized spacial score (nSPS) is 12.3. The first-order valence-electron chi connectivity index (χ1n) is 6.61. The van der Waals surface area contributed by atoms with Crippen molar-refractivity contribution in [1.29, 1.82) is 0 Å². The number of unbranched alkanes of at least 4 members (excludes halogenated alkanes) is 1. The molecule has 0 bridgehead atoms. The van der Waals surface area contributed by atoms with Crippen molar-refractivity contribution in [3.63, 3.8) is 0 Å². The number of hydrogen-bond acceptors (Lipinski definition) is 1. The number of aromatic nitrogens is 1. The Labute approximate surface area is 105 Å². The van der Waals surface area contributed by atoms with E-state index in [1.807, 2.05) is 25.1 Å². The molecular weight excluding hydrogens is 206 g/mol. The van der Waals surface area contributed by atoms with Crippen molar-refractivity contribution in [3.05, 3.63) is 41.7 Å². The van der Waals surface area contributed by atoms with Crippen LogP contribution in [0.5, 0.6) is 0 Å². The molecule has 0 aromatic carbocycles. The highest BCUT2D eigenvalue weighted by atomic mass is 14.7. The zero-order valence-corrected chi connectivity index (χ0v) is 11.2. The molecule has 92 valence electrons. The Morgan fingerprint density at radius 3 is 2.71 bits per heavy atom. The summed E-state index contributed by atoms with van der Waals surface area (Å²) in [5, 5.41) is 0. The lowest BCUT2D eigenvalue weighted by molar-refractivity contribution is 0.927. The van der Waals surface area contributed by atoms with E-state index < -0.39 is 0 Å². The summed E-state index contributed by atoms with van der Waals surface area (Å²) in [7, 11) is 0. The van der Waals surface area contributed by atoms with Gasteiger partial charge in [-0.2, -0.15) is 0 Å². The van der Waals surface area contributed by atoms with Crippen molar-refractivity contribution < 1.29 is 0 Å². The second kappa shape index (κ2) is 7.83. The molecule has 1 heterocycles. The zero-order chi connectivity index (χ0) is 12.5. The van der Waals surface area contributed by atoms with Gasteiger partial charge in [0.15, 0.2) is 0 Å². The lowest BCUT2D eigenvalue weighted by Gasteiger charge is -2.06. The topological polar surface area (TPSA) is 12.9 Å². The van der Waals surface area contributed by atoms with Gasteiger partial charge in [0, 0.05) is 0 Å². The molecular formula is C16H23N. The number of hydrogen-bond donors (Lipinski definition) is 0. The van der Waals surface area contributed by atoms with Gasteiger partial charge in [-0.3, -0.25) is 0 Å².